The molecule has 4 aromatic rings. The molecule has 0 radical (unpaired) electrons. The number of sulfonamides is 1. The zero-order valence-electron chi connectivity index (χ0n) is 23.7. The minimum atomic E-state index is -3.71. The van der Waals surface area contributed by atoms with Gasteiger partial charge >= 0.3 is 0 Å². The van der Waals surface area contributed by atoms with E-state index in [1.165, 1.54) is 46.8 Å². The Labute approximate surface area is 246 Å². The highest BCUT2D eigenvalue weighted by Crippen LogP contribution is 2.31. The second-order valence-electron chi connectivity index (χ2n) is 10.3. The molecule has 5 rings (SSSR count). The second kappa shape index (κ2) is 12.8. The summed E-state index contributed by atoms with van der Waals surface area (Å²) in [4.78, 5) is 17.9. The standard InChI is InChI=1S/C33H34FN3O4S/c1-41-31-18-13-27(23-28(31)24-37(42(2,39)40)30-16-14-29(34)15-17-30)33(38)36-21-19-35(20-22-36)32(25-9-5-3-6-10-25)26-11-7-4-8-12-26/h3-18,23,32H,19-22,24H2,1-2H3. The van der Waals surface area contributed by atoms with Gasteiger partial charge in [0.15, 0.2) is 0 Å². The van der Waals surface area contributed by atoms with E-state index in [2.05, 4.69) is 29.2 Å². The fourth-order valence-corrected chi connectivity index (χ4v) is 6.33. The molecule has 1 heterocycles. The lowest BCUT2D eigenvalue weighted by Crippen LogP contribution is -2.49. The summed E-state index contributed by atoms with van der Waals surface area (Å²) in [5.41, 5.74) is 3.72. The monoisotopic (exact) mass is 587 g/mol. The van der Waals surface area contributed by atoms with Gasteiger partial charge in [-0.1, -0.05) is 60.7 Å². The largest absolute Gasteiger partial charge is 0.496 e. The SMILES string of the molecule is COc1ccc(C(=O)N2CCN(C(c3ccccc3)c3ccccc3)CC2)cc1CN(c1ccc(F)cc1)S(C)(=O)=O. The maximum atomic E-state index is 13.7. The molecule has 0 N–H and O–H groups in total. The highest BCUT2D eigenvalue weighted by molar-refractivity contribution is 7.92. The third-order valence-electron chi connectivity index (χ3n) is 7.55. The number of amides is 1. The van der Waals surface area contributed by atoms with Gasteiger partial charge in [0.25, 0.3) is 5.91 Å². The Morgan fingerprint density at radius 3 is 1.95 bits per heavy atom. The van der Waals surface area contributed by atoms with Gasteiger partial charge < -0.3 is 9.64 Å². The number of methoxy groups -OCH3 is 1. The van der Waals surface area contributed by atoms with Gasteiger partial charge in [0.2, 0.25) is 10.0 Å². The van der Waals surface area contributed by atoms with Gasteiger partial charge in [0.05, 0.1) is 31.6 Å². The summed E-state index contributed by atoms with van der Waals surface area (Å²) in [6, 6.07) is 31.2. The lowest BCUT2D eigenvalue weighted by Gasteiger charge is -2.40. The first-order chi connectivity index (χ1) is 20.2. The molecule has 4 aromatic carbocycles. The third-order valence-corrected chi connectivity index (χ3v) is 8.69. The Hall–Kier alpha value is -4.21. The van der Waals surface area contributed by atoms with Gasteiger partial charge in [0, 0.05) is 37.3 Å². The smallest absolute Gasteiger partial charge is 0.253 e. The van der Waals surface area contributed by atoms with Crippen molar-refractivity contribution in [2.24, 2.45) is 0 Å². The number of halogens is 1. The van der Waals surface area contributed by atoms with Crippen molar-refractivity contribution in [2.75, 3.05) is 43.8 Å². The Morgan fingerprint density at radius 2 is 1.43 bits per heavy atom. The van der Waals surface area contributed by atoms with Crippen molar-refractivity contribution in [3.63, 3.8) is 0 Å². The van der Waals surface area contributed by atoms with Crippen molar-refractivity contribution in [3.05, 3.63) is 131 Å². The van der Waals surface area contributed by atoms with E-state index in [0.717, 1.165) is 6.26 Å². The van der Waals surface area contributed by atoms with Crippen LogP contribution in [0.25, 0.3) is 0 Å². The van der Waals surface area contributed by atoms with Crippen molar-refractivity contribution >= 4 is 21.6 Å². The molecule has 0 aromatic heterocycles. The normalized spacial score (nSPS) is 14.1. The molecule has 0 unspecified atom stereocenters. The van der Waals surface area contributed by atoms with Crippen LogP contribution in [-0.4, -0.2) is 63.7 Å². The van der Waals surface area contributed by atoms with Gasteiger partial charge in [-0.3, -0.25) is 14.0 Å². The number of anilines is 1. The predicted octanol–water partition coefficient (Wildman–Crippen LogP) is 5.35. The van der Waals surface area contributed by atoms with Crippen LogP contribution >= 0.6 is 0 Å². The molecule has 0 spiro atoms. The number of hydrogen-bond acceptors (Lipinski definition) is 5. The summed E-state index contributed by atoms with van der Waals surface area (Å²) in [6.07, 6.45) is 1.09. The van der Waals surface area contributed by atoms with Crippen LogP contribution in [0.15, 0.2) is 103 Å². The first-order valence-electron chi connectivity index (χ1n) is 13.8. The fraction of sp³-hybridized carbons (Fsp3) is 0.242. The van der Waals surface area contributed by atoms with Crippen LogP contribution in [0.4, 0.5) is 10.1 Å². The molecule has 1 aliphatic rings. The number of rotatable bonds is 9. The number of carbonyl (C=O) groups is 1. The third kappa shape index (κ3) is 6.64. The molecule has 1 fully saturated rings. The molecule has 218 valence electrons. The van der Waals surface area contributed by atoms with E-state index in [4.69, 9.17) is 4.74 Å². The molecular formula is C33H34FN3O4S. The number of hydrogen-bond donors (Lipinski definition) is 0. The Bertz CT molecular complexity index is 1570. The van der Waals surface area contributed by atoms with Gasteiger partial charge in [-0.15, -0.1) is 0 Å². The first-order valence-corrected chi connectivity index (χ1v) is 15.6. The molecule has 42 heavy (non-hydrogen) atoms. The zero-order chi connectivity index (χ0) is 29.7. The van der Waals surface area contributed by atoms with E-state index >= 15 is 0 Å². The summed E-state index contributed by atoms with van der Waals surface area (Å²) in [6.45, 7) is 2.45. The summed E-state index contributed by atoms with van der Waals surface area (Å²) < 4.78 is 45.6. The molecule has 0 bridgehead atoms. The van der Waals surface area contributed by atoms with Gasteiger partial charge in [0.1, 0.15) is 11.6 Å². The molecule has 0 atom stereocenters. The quantitative estimate of drug-likeness (QED) is 0.264. The van der Waals surface area contributed by atoms with Crippen molar-refractivity contribution in [3.8, 4) is 5.75 Å². The highest BCUT2D eigenvalue weighted by Gasteiger charge is 2.29. The van der Waals surface area contributed by atoms with Crippen LogP contribution in [0.3, 0.4) is 0 Å². The summed E-state index contributed by atoms with van der Waals surface area (Å²) in [5.74, 6) is -0.126. The minimum Gasteiger partial charge on any atom is -0.496 e. The number of carbonyl (C=O) groups excluding carboxylic acids is 1. The van der Waals surface area contributed by atoms with E-state index in [0.29, 0.717) is 48.7 Å². The average molecular weight is 588 g/mol. The van der Waals surface area contributed by atoms with Crippen LogP contribution in [-0.2, 0) is 16.6 Å². The van der Waals surface area contributed by atoms with Crippen LogP contribution in [0.2, 0.25) is 0 Å². The van der Waals surface area contributed by atoms with Crippen molar-refractivity contribution < 1.29 is 22.3 Å². The molecule has 1 aliphatic heterocycles. The molecular weight excluding hydrogens is 553 g/mol. The van der Waals surface area contributed by atoms with E-state index in [9.17, 15) is 17.6 Å². The first kappa shape index (κ1) is 29.3. The molecule has 7 nitrogen and oxygen atoms in total. The van der Waals surface area contributed by atoms with Crippen LogP contribution in [0.5, 0.6) is 5.75 Å². The Balaban J connectivity index is 1.34. The Morgan fingerprint density at radius 1 is 0.857 bits per heavy atom. The molecule has 0 saturated carbocycles. The highest BCUT2D eigenvalue weighted by atomic mass is 32.2. The van der Waals surface area contributed by atoms with Crippen LogP contribution < -0.4 is 9.04 Å². The van der Waals surface area contributed by atoms with Crippen molar-refractivity contribution in [1.82, 2.24) is 9.80 Å². The average Bonchev–Trinajstić information content (AvgIpc) is 3.01. The van der Waals surface area contributed by atoms with Gasteiger partial charge in [-0.25, -0.2) is 12.8 Å². The van der Waals surface area contributed by atoms with E-state index in [1.54, 1.807) is 18.2 Å². The summed E-state index contributed by atoms with van der Waals surface area (Å²) >= 11 is 0. The molecule has 0 aliphatic carbocycles. The van der Waals surface area contributed by atoms with Crippen molar-refractivity contribution in [2.45, 2.75) is 12.6 Å². The topological polar surface area (TPSA) is 70.2 Å². The van der Waals surface area contributed by atoms with Crippen LogP contribution in [0, 0.1) is 5.82 Å². The fourth-order valence-electron chi connectivity index (χ4n) is 5.45. The number of benzene rings is 4. The molecule has 1 saturated heterocycles. The molecule has 9 heteroatoms. The summed E-state index contributed by atoms with van der Waals surface area (Å²) in [7, 11) is -2.22. The lowest BCUT2D eigenvalue weighted by atomic mass is 9.96. The van der Waals surface area contributed by atoms with E-state index < -0.39 is 15.8 Å². The molecule has 1 amide bonds. The van der Waals surface area contributed by atoms with E-state index in [1.807, 2.05) is 41.3 Å². The predicted molar refractivity (Wildman–Crippen MR) is 163 cm³/mol. The number of piperazine rings is 1. The number of ether oxygens (including phenoxy) is 1. The van der Waals surface area contributed by atoms with Gasteiger partial charge in [-0.2, -0.15) is 0 Å². The summed E-state index contributed by atoms with van der Waals surface area (Å²) in [5, 5.41) is 0. The Kier molecular flexibility index (Phi) is 8.89. The zero-order valence-corrected chi connectivity index (χ0v) is 24.5. The lowest BCUT2D eigenvalue weighted by molar-refractivity contribution is 0.0597. The van der Waals surface area contributed by atoms with Gasteiger partial charge in [-0.05, 0) is 53.6 Å². The van der Waals surface area contributed by atoms with Crippen LogP contribution in [0.1, 0.15) is 33.1 Å². The maximum Gasteiger partial charge on any atom is 0.253 e. The maximum absolute atomic E-state index is 13.7. The van der Waals surface area contributed by atoms with E-state index in [-0.39, 0.29) is 18.5 Å². The minimum absolute atomic E-state index is 0.0711. The van der Waals surface area contributed by atoms with Crippen molar-refractivity contribution in [1.29, 1.82) is 0 Å². The number of nitrogens with zero attached hydrogens (tertiary/aromatic N) is 3. The second-order valence-corrected chi connectivity index (χ2v) is 12.2.